The van der Waals surface area contributed by atoms with E-state index < -0.39 is 11.9 Å². The van der Waals surface area contributed by atoms with Gasteiger partial charge >= 0.3 is 11.9 Å². The second kappa shape index (κ2) is 8.52. The smallest absolute Gasteiger partial charge is 0.336 e. The third-order valence-corrected chi connectivity index (χ3v) is 8.63. The molecule has 0 spiro atoms. The van der Waals surface area contributed by atoms with Crippen LogP contribution >= 0.6 is 22.7 Å². The van der Waals surface area contributed by atoms with Crippen LogP contribution in [0.2, 0.25) is 0 Å². The minimum absolute atomic E-state index is 0.318. The first kappa shape index (κ1) is 22.2. The molecule has 4 nitrogen and oxygen atoms in total. The summed E-state index contributed by atoms with van der Waals surface area (Å²) in [5.74, 6) is -1.85. The molecule has 0 aliphatic heterocycles. The van der Waals surface area contributed by atoms with Crippen LogP contribution in [0.4, 0.5) is 0 Å². The number of hydrogen-bond acceptors (Lipinski definition) is 4. The van der Waals surface area contributed by atoms with Crippen LogP contribution in [0.5, 0.6) is 0 Å². The molecule has 0 amide bonds. The van der Waals surface area contributed by atoms with Crippen LogP contribution in [0.3, 0.4) is 0 Å². The van der Waals surface area contributed by atoms with Crippen LogP contribution in [0.15, 0.2) is 36.4 Å². The lowest BCUT2D eigenvalue weighted by Crippen LogP contribution is -2.01. The first-order valence-corrected chi connectivity index (χ1v) is 12.2. The van der Waals surface area contributed by atoms with Gasteiger partial charge in [-0.25, -0.2) is 9.59 Å². The Balaban J connectivity index is 2.06. The molecule has 2 N–H and O–H groups in total. The molecule has 0 saturated carbocycles. The molecule has 0 saturated heterocycles. The topological polar surface area (TPSA) is 74.6 Å². The van der Waals surface area contributed by atoms with Crippen LogP contribution in [0, 0.1) is 13.8 Å². The van der Waals surface area contributed by atoms with Crippen molar-refractivity contribution in [3.63, 3.8) is 0 Å². The van der Waals surface area contributed by atoms with Gasteiger partial charge in [0, 0.05) is 30.3 Å². The summed E-state index contributed by atoms with van der Waals surface area (Å²) in [6, 6.07) is 10.8. The van der Waals surface area contributed by atoms with Crippen molar-refractivity contribution in [1.82, 2.24) is 0 Å². The molecule has 2 aromatic carbocycles. The number of aromatic carboxylic acids is 2. The molecule has 164 valence electrons. The van der Waals surface area contributed by atoms with Crippen LogP contribution in [-0.2, 0) is 12.8 Å². The van der Waals surface area contributed by atoms with Crippen LogP contribution < -0.4 is 0 Å². The molecule has 0 atom stereocenters. The van der Waals surface area contributed by atoms with Gasteiger partial charge in [0.25, 0.3) is 0 Å². The van der Waals surface area contributed by atoms with E-state index in [-0.39, 0.29) is 0 Å². The van der Waals surface area contributed by atoms with E-state index in [0.717, 1.165) is 65.4 Å². The van der Waals surface area contributed by atoms with Crippen molar-refractivity contribution in [3.05, 3.63) is 69.8 Å². The molecule has 4 aromatic rings. The Hall–Kier alpha value is -2.96. The first-order valence-electron chi connectivity index (χ1n) is 10.5. The largest absolute Gasteiger partial charge is 0.478 e. The highest BCUT2D eigenvalue weighted by Crippen LogP contribution is 2.50. The Labute approximate surface area is 194 Å². The molecule has 32 heavy (non-hydrogen) atoms. The van der Waals surface area contributed by atoms with Gasteiger partial charge in [-0.1, -0.05) is 38.1 Å². The number of benzene rings is 2. The summed E-state index contributed by atoms with van der Waals surface area (Å²) in [7, 11) is 0. The third kappa shape index (κ3) is 3.44. The van der Waals surface area contributed by atoms with Crippen LogP contribution in [0.25, 0.3) is 30.3 Å². The lowest BCUT2D eigenvalue weighted by Gasteiger charge is -2.12. The monoisotopic (exact) mass is 464 g/mol. The maximum Gasteiger partial charge on any atom is 0.336 e. The van der Waals surface area contributed by atoms with Gasteiger partial charge in [0.15, 0.2) is 0 Å². The number of aryl methyl sites for hydroxylation is 4. The van der Waals surface area contributed by atoms with Gasteiger partial charge < -0.3 is 10.2 Å². The highest BCUT2D eigenvalue weighted by atomic mass is 32.1. The predicted octanol–water partition coefficient (Wildman–Crippen LogP) is 7.43. The second-order valence-electron chi connectivity index (χ2n) is 7.79. The molecule has 0 aliphatic rings. The fourth-order valence-electron chi connectivity index (χ4n) is 4.36. The quantitative estimate of drug-likeness (QED) is 0.311. The third-order valence-electron chi connectivity index (χ3n) is 5.88. The van der Waals surface area contributed by atoms with Crippen molar-refractivity contribution in [1.29, 1.82) is 0 Å². The van der Waals surface area contributed by atoms with Gasteiger partial charge in [-0.3, -0.25) is 0 Å². The average molecular weight is 465 g/mol. The standard InChI is InChI=1S/C26H24O4S2/c1-5-15-21(19-13(3)9-7-11-17(19)25(27)28)31-24-16(6-2)22(32-23(15)24)20-14(4)10-8-12-18(20)26(29)30/h7-12H,5-6H2,1-4H3,(H,27,28)(H,29,30). The molecular weight excluding hydrogens is 440 g/mol. The molecule has 4 rings (SSSR count). The van der Waals surface area contributed by atoms with E-state index in [9.17, 15) is 19.8 Å². The molecule has 2 aromatic heterocycles. The Morgan fingerprint density at radius 2 is 1.09 bits per heavy atom. The van der Waals surface area contributed by atoms with E-state index in [0.29, 0.717) is 11.1 Å². The Morgan fingerprint density at radius 1 is 0.719 bits per heavy atom. The summed E-state index contributed by atoms with van der Waals surface area (Å²) >= 11 is 3.27. The lowest BCUT2D eigenvalue weighted by molar-refractivity contribution is 0.0687. The van der Waals surface area contributed by atoms with E-state index in [1.807, 2.05) is 26.0 Å². The number of carboxylic acid groups (broad SMARTS) is 2. The molecule has 0 aliphatic carbocycles. The second-order valence-corrected chi connectivity index (χ2v) is 9.83. The van der Waals surface area contributed by atoms with Crippen molar-refractivity contribution in [2.24, 2.45) is 0 Å². The maximum atomic E-state index is 12.0. The van der Waals surface area contributed by atoms with Crippen molar-refractivity contribution >= 4 is 44.0 Å². The van der Waals surface area contributed by atoms with E-state index in [2.05, 4.69) is 13.8 Å². The first-order chi connectivity index (χ1) is 15.3. The minimum Gasteiger partial charge on any atom is -0.478 e. The zero-order chi connectivity index (χ0) is 23.2. The zero-order valence-electron chi connectivity index (χ0n) is 18.4. The lowest BCUT2D eigenvalue weighted by atomic mass is 9.96. The fourth-order valence-corrected chi connectivity index (χ4v) is 7.81. The number of carbonyl (C=O) groups is 2. The number of rotatable bonds is 6. The normalized spacial score (nSPS) is 11.2. The van der Waals surface area contributed by atoms with Gasteiger partial charge in [0.2, 0.25) is 0 Å². The molecule has 0 bridgehead atoms. The van der Waals surface area contributed by atoms with Crippen molar-refractivity contribution in [3.8, 4) is 20.9 Å². The van der Waals surface area contributed by atoms with Crippen molar-refractivity contribution < 1.29 is 19.8 Å². The van der Waals surface area contributed by atoms with E-state index >= 15 is 0 Å². The van der Waals surface area contributed by atoms with Crippen LogP contribution in [-0.4, -0.2) is 22.2 Å². The molecule has 0 unspecified atom stereocenters. The minimum atomic E-state index is -0.926. The number of hydrogen-bond donors (Lipinski definition) is 2. The van der Waals surface area contributed by atoms with E-state index in [1.54, 1.807) is 46.9 Å². The predicted molar refractivity (Wildman–Crippen MR) is 133 cm³/mol. The summed E-state index contributed by atoms with van der Waals surface area (Å²) < 4.78 is 2.28. The van der Waals surface area contributed by atoms with Gasteiger partial charge in [-0.2, -0.15) is 0 Å². The fraction of sp³-hybridized carbons (Fsp3) is 0.231. The van der Waals surface area contributed by atoms with Crippen LogP contribution in [0.1, 0.15) is 56.8 Å². The summed E-state index contributed by atoms with van der Waals surface area (Å²) in [6.45, 7) is 8.08. The summed E-state index contributed by atoms with van der Waals surface area (Å²) in [5, 5.41) is 19.6. The van der Waals surface area contributed by atoms with Crippen molar-refractivity contribution in [2.45, 2.75) is 40.5 Å². The van der Waals surface area contributed by atoms with Gasteiger partial charge in [0.05, 0.1) is 11.1 Å². The summed E-state index contributed by atoms with van der Waals surface area (Å²) in [6.07, 6.45) is 1.54. The number of thiophene rings is 2. The SMILES string of the molecule is CCc1c(-c2c(C)cccc2C(=O)O)sc2c(CC)c(-c3c(C)cccc3C(=O)O)sc12. The number of carboxylic acids is 2. The molecule has 6 heteroatoms. The van der Waals surface area contributed by atoms with Gasteiger partial charge in [-0.05, 0) is 61.1 Å². The highest BCUT2D eigenvalue weighted by Gasteiger charge is 2.26. The Morgan fingerprint density at radius 3 is 1.41 bits per heavy atom. The van der Waals surface area contributed by atoms with E-state index in [4.69, 9.17) is 0 Å². The number of fused-ring (bicyclic) bond motifs is 1. The van der Waals surface area contributed by atoms with E-state index in [1.165, 1.54) is 0 Å². The van der Waals surface area contributed by atoms with Crippen molar-refractivity contribution in [2.75, 3.05) is 0 Å². The van der Waals surface area contributed by atoms with Gasteiger partial charge in [-0.15, -0.1) is 22.7 Å². The maximum absolute atomic E-state index is 12.0. The zero-order valence-corrected chi connectivity index (χ0v) is 20.0. The summed E-state index contributed by atoms with van der Waals surface area (Å²) in [5.41, 5.74) is 6.37. The molecule has 0 fully saturated rings. The molecule has 0 radical (unpaired) electrons. The highest BCUT2D eigenvalue weighted by molar-refractivity contribution is 7.31. The average Bonchev–Trinajstić information content (AvgIpc) is 3.28. The summed E-state index contributed by atoms with van der Waals surface area (Å²) in [4.78, 5) is 25.9. The Bertz CT molecular complexity index is 1270. The Kier molecular flexibility index (Phi) is 5.93. The molecule has 2 heterocycles. The van der Waals surface area contributed by atoms with Gasteiger partial charge in [0.1, 0.15) is 0 Å². The molecular formula is C26H24O4S2.